The number of hydrogen-bond donors (Lipinski definition) is 2. The van der Waals surface area contributed by atoms with Gasteiger partial charge in [-0.2, -0.15) is 0 Å². The molecule has 0 bridgehead atoms. The van der Waals surface area contributed by atoms with Crippen LogP contribution in [0.15, 0.2) is 21.4 Å². The zero-order chi connectivity index (χ0) is 12.4. The highest BCUT2D eigenvalue weighted by Crippen LogP contribution is 2.17. The molecule has 0 aliphatic carbocycles. The smallest absolute Gasteiger partial charge is 0.256 e. The van der Waals surface area contributed by atoms with Crippen LogP contribution in [0.25, 0.3) is 0 Å². The summed E-state index contributed by atoms with van der Waals surface area (Å²) in [7, 11) is 0. The number of nitrogens with one attached hydrogen (secondary N) is 2. The van der Waals surface area contributed by atoms with Gasteiger partial charge in [-0.15, -0.1) is 0 Å². The van der Waals surface area contributed by atoms with Gasteiger partial charge in [0.25, 0.3) is 5.91 Å². The molecule has 2 rings (SSSR count). The molecule has 1 aliphatic rings. The minimum atomic E-state index is -0.679. The number of imide groups is 1. The van der Waals surface area contributed by atoms with Crippen molar-refractivity contribution in [3.8, 4) is 0 Å². The number of halogens is 1. The Morgan fingerprint density at radius 2 is 2.29 bits per heavy atom. The minimum absolute atomic E-state index is 0.225. The van der Waals surface area contributed by atoms with E-state index in [9.17, 15) is 14.4 Å². The van der Waals surface area contributed by atoms with Gasteiger partial charge in [-0.05, 0) is 28.4 Å². The van der Waals surface area contributed by atoms with Gasteiger partial charge in [-0.25, -0.2) is 0 Å². The number of amides is 3. The molecular weight excluding hydrogens is 292 g/mol. The van der Waals surface area contributed by atoms with E-state index in [1.54, 1.807) is 0 Å². The molecule has 90 valence electrons. The Labute approximate surface area is 105 Å². The van der Waals surface area contributed by atoms with Gasteiger partial charge in [0.2, 0.25) is 11.8 Å². The van der Waals surface area contributed by atoms with E-state index in [1.165, 1.54) is 12.3 Å². The number of carbonyl (C=O) groups is 3. The van der Waals surface area contributed by atoms with Gasteiger partial charge in [0.15, 0.2) is 4.67 Å². The van der Waals surface area contributed by atoms with Crippen LogP contribution in [0.4, 0.5) is 0 Å². The maximum Gasteiger partial charge on any atom is 0.256 e. The molecule has 0 spiro atoms. The molecule has 17 heavy (non-hydrogen) atoms. The van der Waals surface area contributed by atoms with Gasteiger partial charge in [-0.3, -0.25) is 19.7 Å². The van der Waals surface area contributed by atoms with Crippen molar-refractivity contribution >= 4 is 33.7 Å². The van der Waals surface area contributed by atoms with Crippen LogP contribution < -0.4 is 10.6 Å². The highest BCUT2D eigenvalue weighted by molar-refractivity contribution is 9.10. The molecule has 1 aromatic rings. The van der Waals surface area contributed by atoms with Crippen molar-refractivity contribution in [1.29, 1.82) is 0 Å². The van der Waals surface area contributed by atoms with E-state index in [4.69, 9.17) is 4.42 Å². The third kappa shape index (κ3) is 2.55. The van der Waals surface area contributed by atoms with E-state index in [-0.39, 0.29) is 12.3 Å². The van der Waals surface area contributed by atoms with Crippen LogP contribution >= 0.6 is 15.9 Å². The highest BCUT2D eigenvalue weighted by Gasteiger charge is 2.28. The summed E-state index contributed by atoms with van der Waals surface area (Å²) in [4.78, 5) is 34.1. The third-order valence-electron chi connectivity index (χ3n) is 2.41. The van der Waals surface area contributed by atoms with Crippen molar-refractivity contribution in [1.82, 2.24) is 10.6 Å². The van der Waals surface area contributed by atoms with E-state index in [2.05, 4.69) is 26.6 Å². The van der Waals surface area contributed by atoms with Crippen LogP contribution in [0.1, 0.15) is 23.2 Å². The Bertz CT molecular complexity index is 482. The zero-order valence-corrected chi connectivity index (χ0v) is 10.2. The predicted octanol–water partition coefficient (Wildman–Crippen LogP) is 0.577. The van der Waals surface area contributed by atoms with Crippen LogP contribution in [0.2, 0.25) is 0 Å². The van der Waals surface area contributed by atoms with Gasteiger partial charge < -0.3 is 9.73 Å². The molecule has 1 aliphatic heterocycles. The molecule has 2 N–H and O–H groups in total. The fourth-order valence-electron chi connectivity index (χ4n) is 1.52. The first kappa shape index (κ1) is 11.8. The Kier molecular flexibility index (Phi) is 3.28. The number of furan rings is 1. The molecular formula is C10H9BrN2O4. The van der Waals surface area contributed by atoms with Crippen LogP contribution in [0.5, 0.6) is 0 Å². The second kappa shape index (κ2) is 4.70. The molecule has 1 fully saturated rings. The lowest BCUT2D eigenvalue weighted by Gasteiger charge is -2.21. The lowest BCUT2D eigenvalue weighted by molar-refractivity contribution is -0.134. The Balaban J connectivity index is 2.02. The zero-order valence-electron chi connectivity index (χ0n) is 8.66. The Morgan fingerprint density at radius 3 is 2.88 bits per heavy atom. The molecule has 3 amide bonds. The largest absolute Gasteiger partial charge is 0.457 e. The van der Waals surface area contributed by atoms with Crippen LogP contribution in [-0.4, -0.2) is 23.8 Å². The maximum atomic E-state index is 11.8. The van der Waals surface area contributed by atoms with E-state index in [0.717, 1.165) is 0 Å². The number of carbonyl (C=O) groups excluding carboxylic acids is 3. The van der Waals surface area contributed by atoms with Crippen molar-refractivity contribution in [2.75, 3.05) is 0 Å². The number of rotatable bonds is 2. The van der Waals surface area contributed by atoms with Crippen molar-refractivity contribution in [3.63, 3.8) is 0 Å². The monoisotopic (exact) mass is 300 g/mol. The Morgan fingerprint density at radius 1 is 1.53 bits per heavy atom. The summed E-state index contributed by atoms with van der Waals surface area (Å²) in [5.41, 5.74) is 0.315. The first-order chi connectivity index (χ1) is 8.08. The van der Waals surface area contributed by atoms with Crippen molar-refractivity contribution in [3.05, 3.63) is 22.6 Å². The van der Waals surface area contributed by atoms with E-state index in [0.29, 0.717) is 16.7 Å². The molecule has 0 saturated carbocycles. The lowest BCUT2D eigenvalue weighted by atomic mass is 10.1. The molecule has 1 saturated heterocycles. The molecule has 1 atom stereocenters. The maximum absolute atomic E-state index is 11.8. The number of hydrogen-bond acceptors (Lipinski definition) is 4. The first-order valence-electron chi connectivity index (χ1n) is 4.95. The summed E-state index contributed by atoms with van der Waals surface area (Å²) in [6, 6.07) is 0.813. The predicted molar refractivity (Wildman–Crippen MR) is 60.0 cm³/mol. The van der Waals surface area contributed by atoms with Crippen molar-refractivity contribution in [2.24, 2.45) is 0 Å². The van der Waals surface area contributed by atoms with Gasteiger partial charge in [0.1, 0.15) is 6.04 Å². The highest BCUT2D eigenvalue weighted by atomic mass is 79.9. The van der Waals surface area contributed by atoms with E-state index in [1.807, 2.05) is 0 Å². The molecule has 2 heterocycles. The first-order valence-corrected chi connectivity index (χ1v) is 5.75. The van der Waals surface area contributed by atoms with Gasteiger partial charge in [0, 0.05) is 6.42 Å². The third-order valence-corrected chi connectivity index (χ3v) is 3.02. The SMILES string of the molecule is O=C1CCC(NC(=O)c2ccoc2Br)C(=O)N1. The van der Waals surface area contributed by atoms with E-state index < -0.39 is 17.9 Å². The van der Waals surface area contributed by atoms with Crippen molar-refractivity contribution in [2.45, 2.75) is 18.9 Å². The molecule has 7 heteroatoms. The second-order valence-corrected chi connectivity index (χ2v) is 4.31. The summed E-state index contributed by atoms with van der Waals surface area (Å²) in [5, 5.41) is 4.71. The summed E-state index contributed by atoms with van der Waals surface area (Å²) >= 11 is 3.07. The quantitative estimate of drug-likeness (QED) is 0.782. The molecule has 1 aromatic heterocycles. The summed E-state index contributed by atoms with van der Waals surface area (Å²) < 4.78 is 5.23. The van der Waals surface area contributed by atoms with Gasteiger partial charge in [0.05, 0.1) is 11.8 Å². The van der Waals surface area contributed by atoms with Crippen LogP contribution in [-0.2, 0) is 9.59 Å². The average molecular weight is 301 g/mol. The van der Waals surface area contributed by atoms with E-state index >= 15 is 0 Å². The summed E-state index contributed by atoms with van der Waals surface area (Å²) in [6.45, 7) is 0. The fraction of sp³-hybridized carbons (Fsp3) is 0.300. The van der Waals surface area contributed by atoms with Gasteiger partial charge >= 0.3 is 0 Å². The molecule has 1 unspecified atom stereocenters. The summed E-state index contributed by atoms with van der Waals surface area (Å²) in [5.74, 6) is -1.21. The lowest BCUT2D eigenvalue weighted by Crippen LogP contribution is -2.52. The second-order valence-electron chi connectivity index (χ2n) is 3.59. The molecule has 6 nitrogen and oxygen atoms in total. The normalized spacial score (nSPS) is 19.9. The van der Waals surface area contributed by atoms with Crippen molar-refractivity contribution < 1.29 is 18.8 Å². The summed E-state index contributed by atoms with van der Waals surface area (Å²) in [6.07, 6.45) is 1.90. The van der Waals surface area contributed by atoms with Gasteiger partial charge in [-0.1, -0.05) is 0 Å². The number of piperidine rings is 1. The average Bonchev–Trinajstić information content (AvgIpc) is 2.68. The Hall–Kier alpha value is -1.63. The standard InChI is InChI=1S/C10H9BrN2O4/c11-8-5(3-4-17-8)9(15)12-6-1-2-7(14)13-10(6)16/h3-4,6H,1-2H2,(H,12,15)(H,13,14,16). The van der Waals surface area contributed by atoms with Crippen LogP contribution in [0.3, 0.4) is 0 Å². The molecule has 0 aromatic carbocycles. The van der Waals surface area contributed by atoms with Crippen LogP contribution in [0, 0.1) is 0 Å². The molecule has 0 radical (unpaired) electrons. The minimum Gasteiger partial charge on any atom is -0.457 e. The topological polar surface area (TPSA) is 88.4 Å². The fourth-order valence-corrected chi connectivity index (χ4v) is 1.94.